The van der Waals surface area contributed by atoms with Crippen molar-refractivity contribution in [1.29, 1.82) is 0 Å². The molecule has 0 fully saturated rings. The summed E-state index contributed by atoms with van der Waals surface area (Å²) in [7, 11) is 1.59. The second-order valence-corrected chi connectivity index (χ2v) is 4.63. The Labute approximate surface area is 117 Å². The van der Waals surface area contributed by atoms with E-state index in [9.17, 15) is 0 Å². The Balaban J connectivity index is 2.13. The van der Waals surface area contributed by atoms with Crippen molar-refractivity contribution in [2.45, 2.75) is 19.3 Å². The van der Waals surface area contributed by atoms with Crippen LogP contribution in [0.3, 0.4) is 0 Å². The van der Waals surface area contributed by atoms with Crippen LogP contribution in [0.1, 0.15) is 18.5 Å². The van der Waals surface area contributed by atoms with Gasteiger partial charge < -0.3 is 10.5 Å². The first-order valence-corrected chi connectivity index (χ1v) is 6.57. The van der Waals surface area contributed by atoms with Crippen LogP contribution < -0.4 is 10.5 Å². The van der Waals surface area contributed by atoms with Crippen LogP contribution in [0, 0.1) is 0 Å². The van der Waals surface area contributed by atoms with Gasteiger partial charge in [0.15, 0.2) is 0 Å². The zero-order chi connectivity index (χ0) is 13.7. The molecule has 1 aromatic heterocycles. The molecule has 0 atom stereocenters. The van der Waals surface area contributed by atoms with Crippen LogP contribution >= 0.6 is 11.6 Å². The van der Waals surface area contributed by atoms with Crippen molar-refractivity contribution in [3.8, 4) is 11.4 Å². The summed E-state index contributed by atoms with van der Waals surface area (Å²) < 4.78 is 6.90. The van der Waals surface area contributed by atoms with Crippen LogP contribution in [-0.2, 0) is 6.42 Å². The Kier molecular flexibility index (Phi) is 4.76. The predicted molar refractivity (Wildman–Crippen MR) is 74.9 cm³/mol. The lowest BCUT2D eigenvalue weighted by atomic mass is 10.2. The third-order valence-electron chi connectivity index (χ3n) is 2.83. The first kappa shape index (κ1) is 13.8. The topological polar surface area (TPSA) is 66.0 Å². The highest BCUT2D eigenvalue weighted by Gasteiger charge is 2.06. The van der Waals surface area contributed by atoms with E-state index in [1.54, 1.807) is 17.9 Å². The van der Waals surface area contributed by atoms with Crippen LogP contribution in [0.25, 0.3) is 5.69 Å². The number of hydrogen-bond donors (Lipinski definition) is 1. The highest BCUT2D eigenvalue weighted by Crippen LogP contribution is 2.26. The molecular weight excluding hydrogens is 264 g/mol. The van der Waals surface area contributed by atoms with E-state index in [1.165, 1.54) is 0 Å². The number of nitrogens with two attached hydrogens (primary N) is 1. The van der Waals surface area contributed by atoms with Gasteiger partial charge in [-0.2, -0.15) is 0 Å². The molecule has 2 aromatic rings. The molecule has 0 radical (unpaired) electrons. The van der Waals surface area contributed by atoms with Crippen molar-refractivity contribution < 1.29 is 4.74 Å². The van der Waals surface area contributed by atoms with E-state index < -0.39 is 0 Å². The summed E-state index contributed by atoms with van der Waals surface area (Å²) in [6.07, 6.45) is 4.84. The predicted octanol–water partition coefficient (Wildman–Crippen LogP) is 2.21. The second kappa shape index (κ2) is 6.54. The molecule has 0 saturated carbocycles. The summed E-state index contributed by atoms with van der Waals surface area (Å²) in [4.78, 5) is 0. The second-order valence-electron chi connectivity index (χ2n) is 4.22. The number of unbranched alkanes of at least 4 members (excludes halogenated alkanes) is 1. The fourth-order valence-corrected chi connectivity index (χ4v) is 1.98. The summed E-state index contributed by atoms with van der Waals surface area (Å²) in [6.45, 7) is 0.711. The molecule has 0 aliphatic heterocycles. The van der Waals surface area contributed by atoms with Gasteiger partial charge in [-0.1, -0.05) is 16.8 Å². The van der Waals surface area contributed by atoms with E-state index in [0.29, 0.717) is 17.3 Å². The molecule has 2 rings (SSSR count). The van der Waals surface area contributed by atoms with E-state index in [1.807, 2.05) is 18.3 Å². The van der Waals surface area contributed by atoms with Crippen molar-refractivity contribution in [1.82, 2.24) is 15.0 Å². The summed E-state index contributed by atoms with van der Waals surface area (Å²) in [5.74, 6) is 0.624. The maximum atomic E-state index is 5.99. The van der Waals surface area contributed by atoms with Crippen molar-refractivity contribution in [2.75, 3.05) is 13.7 Å². The minimum absolute atomic E-state index is 0.578. The Morgan fingerprint density at radius 1 is 1.37 bits per heavy atom. The molecule has 0 aliphatic rings. The average Bonchev–Trinajstić information content (AvgIpc) is 2.88. The molecule has 5 nitrogen and oxygen atoms in total. The summed E-state index contributed by atoms with van der Waals surface area (Å²) in [6, 6.07) is 5.50. The SMILES string of the molecule is COc1cc(-n2cc(CCCCN)nn2)ccc1Cl. The number of ether oxygens (including phenoxy) is 1. The fraction of sp³-hybridized carbons (Fsp3) is 0.385. The quantitative estimate of drug-likeness (QED) is 0.824. The Bertz CT molecular complexity index is 541. The number of methoxy groups -OCH3 is 1. The van der Waals surface area contributed by atoms with Crippen molar-refractivity contribution in [3.63, 3.8) is 0 Å². The molecule has 1 heterocycles. The fourth-order valence-electron chi connectivity index (χ4n) is 1.78. The van der Waals surface area contributed by atoms with Crippen LogP contribution in [0.15, 0.2) is 24.4 Å². The molecular formula is C13H17ClN4O. The number of aryl methyl sites for hydroxylation is 1. The highest BCUT2D eigenvalue weighted by molar-refractivity contribution is 6.32. The summed E-state index contributed by atoms with van der Waals surface area (Å²) >= 11 is 5.99. The van der Waals surface area contributed by atoms with Gasteiger partial charge in [0.05, 0.1) is 29.7 Å². The number of halogens is 1. The third-order valence-corrected chi connectivity index (χ3v) is 3.14. The molecule has 6 heteroatoms. The van der Waals surface area contributed by atoms with Gasteiger partial charge in [0.25, 0.3) is 0 Å². The molecule has 0 unspecified atom stereocenters. The monoisotopic (exact) mass is 280 g/mol. The largest absolute Gasteiger partial charge is 0.495 e. The average molecular weight is 281 g/mol. The van der Waals surface area contributed by atoms with E-state index in [0.717, 1.165) is 30.6 Å². The lowest BCUT2D eigenvalue weighted by molar-refractivity contribution is 0.414. The van der Waals surface area contributed by atoms with Gasteiger partial charge in [-0.3, -0.25) is 0 Å². The number of rotatable bonds is 6. The molecule has 1 aromatic carbocycles. The molecule has 0 spiro atoms. The van der Waals surface area contributed by atoms with Gasteiger partial charge in [0.2, 0.25) is 0 Å². The van der Waals surface area contributed by atoms with Gasteiger partial charge >= 0.3 is 0 Å². The zero-order valence-electron chi connectivity index (χ0n) is 10.8. The smallest absolute Gasteiger partial charge is 0.139 e. The minimum atomic E-state index is 0.578. The summed E-state index contributed by atoms with van der Waals surface area (Å²) in [5.41, 5.74) is 7.30. The van der Waals surface area contributed by atoms with E-state index in [-0.39, 0.29) is 0 Å². The van der Waals surface area contributed by atoms with Gasteiger partial charge in [-0.15, -0.1) is 5.10 Å². The zero-order valence-corrected chi connectivity index (χ0v) is 11.6. The van der Waals surface area contributed by atoms with Crippen LogP contribution in [0.5, 0.6) is 5.75 Å². The van der Waals surface area contributed by atoms with Gasteiger partial charge in [-0.25, -0.2) is 4.68 Å². The Morgan fingerprint density at radius 2 is 2.21 bits per heavy atom. The third kappa shape index (κ3) is 3.45. The van der Waals surface area contributed by atoms with Crippen molar-refractivity contribution in [3.05, 3.63) is 35.1 Å². The van der Waals surface area contributed by atoms with Crippen LogP contribution in [0.4, 0.5) is 0 Å². The van der Waals surface area contributed by atoms with Crippen LogP contribution in [0.2, 0.25) is 5.02 Å². The molecule has 2 N–H and O–H groups in total. The molecule has 0 saturated heterocycles. The van der Waals surface area contributed by atoms with Gasteiger partial charge in [0, 0.05) is 6.07 Å². The van der Waals surface area contributed by atoms with Crippen molar-refractivity contribution >= 4 is 11.6 Å². The standard InChI is InChI=1S/C13H17ClN4O/c1-19-13-8-11(5-6-12(13)14)18-9-10(16-17-18)4-2-3-7-15/h5-6,8-9H,2-4,7,15H2,1H3. The number of nitrogens with zero attached hydrogens (tertiary/aromatic N) is 3. The van der Waals surface area contributed by atoms with E-state index in [4.69, 9.17) is 22.1 Å². The Hall–Kier alpha value is -1.59. The van der Waals surface area contributed by atoms with E-state index in [2.05, 4.69) is 10.3 Å². The maximum Gasteiger partial charge on any atom is 0.139 e. The number of aromatic nitrogens is 3. The number of benzene rings is 1. The van der Waals surface area contributed by atoms with Crippen molar-refractivity contribution in [2.24, 2.45) is 5.73 Å². The van der Waals surface area contributed by atoms with Gasteiger partial charge in [0.1, 0.15) is 5.75 Å². The molecule has 0 aliphatic carbocycles. The first-order chi connectivity index (χ1) is 9.24. The maximum absolute atomic E-state index is 5.99. The minimum Gasteiger partial charge on any atom is -0.495 e. The molecule has 19 heavy (non-hydrogen) atoms. The van der Waals surface area contributed by atoms with Crippen LogP contribution in [-0.4, -0.2) is 28.6 Å². The Morgan fingerprint density at radius 3 is 2.95 bits per heavy atom. The molecule has 0 amide bonds. The molecule has 0 bridgehead atoms. The van der Waals surface area contributed by atoms with Gasteiger partial charge in [-0.05, 0) is 37.9 Å². The summed E-state index contributed by atoms with van der Waals surface area (Å²) in [5, 5.41) is 8.83. The number of hydrogen-bond acceptors (Lipinski definition) is 4. The normalized spacial score (nSPS) is 10.7. The first-order valence-electron chi connectivity index (χ1n) is 6.20. The highest BCUT2D eigenvalue weighted by atomic mass is 35.5. The molecule has 102 valence electrons. The lowest BCUT2D eigenvalue weighted by Crippen LogP contribution is -1.99. The van der Waals surface area contributed by atoms with E-state index >= 15 is 0 Å². The lowest BCUT2D eigenvalue weighted by Gasteiger charge is -2.05.